The van der Waals surface area contributed by atoms with Gasteiger partial charge < -0.3 is 14.8 Å². The van der Waals surface area contributed by atoms with E-state index in [0.29, 0.717) is 23.6 Å². The van der Waals surface area contributed by atoms with Crippen molar-refractivity contribution in [1.82, 2.24) is 34.9 Å². The van der Waals surface area contributed by atoms with Crippen LogP contribution in [0.2, 0.25) is 0 Å². The van der Waals surface area contributed by atoms with Gasteiger partial charge in [0.25, 0.3) is 0 Å². The SMILES string of the molecule is CCCCCc1noc(C(=O)Nc2cccc3cc(-c4ccnc5nc(-c6cnn(C(C)C)c6C)[nH]c45)ccc23)n1. The molecule has 4 aromatic heterocycles. The van der Waals surface area contributed by atoms with Crippen molar-refractivity contribution in [2.24, 2.45) is 0 Å². The molecular weight excluding hydrogens is 516 g/mol. The van der Waals surface area contributed by atoms with E-state index in [4.69, 9.17) is 9.51 Å². The molecule has 41 heavy (non-hydrogen) atoms. The molecule has 0 aliphatic carbocycles. The maximum absolute atomic E-state index is 12.9. The molecule has 6 rings (SSSR count). The maximum atomic E-state index is 12.9. The van der Waals surface area contributed by atoms with Crippen molar-refractivity contribution >= 4 is 33.5 Å². The number of rotatable bonds is 9. The highest BCUT2D eigenvalue weighted by molar-refractivity contribution is 6.08. The third-order valence-electron chi connectivity index (χ3n) is 7.29. The van der Waals surface area contributed by atoms with E-state index in [2.05, 4.69) is 64.3 Å². The molecule has 0 aliphatic heterocycles. The second kappa shape index (κ2) is 11.0. The number of aromatic amines is 1. The van der Waals surface area contributed by atoms with Crippen molar-refractivity contribution in [3.63, 3.8) is 0 Å². The summed E-state index contributed by atoms with van der Waals surface area (Å²) < 4.78 is 7.21. The first kappa shape index (κ1) is 26.4. The van der Waals surface area contributed by atoms with Crippen molar-refractivity contribution in [2.45, 2.75) is 59.4 Å². The molecule has 0 fully saturated rings. The Morgan fingerprint density at radius 2 is 1.98 bits per heavy atom. The van der Waals surface area contributed by atoms with Gasteiger partial charge in [0.1, 0.15) is 5.82 Å². The van der Waals surface area contributed by atoms with Crippen molar-refractivity contribution in [3.05, 3.63) is 72.3 Å². The topological polar surface area (TPSA) is 127 Å². The number of H-pyrrole nitrogens is 1. The van der Waals surface area contributed by atoms with Crippen molar-refractivity contribution in [2.75, 3.05) is 5.32 Å². The third kappa shape index (κ3) is 5.08. The molecule has 10 heteroatoms. The number of fused-ring (bicyclic) bond motifs is 2. The molecule has 208 valence electrons. The Balaban J connectivity index is 1.29. The minimum atomic E-state index is -0.423. The molecule has 6 aromatic rings. The average Bonchev–Trinajstić information content (AvgIpc) is 3.71. The van der Waals surface area contributed by atoms with Gasteiger partial charge in [-0.15, -0.1) is 0 Å². The summed E-state index contributed by atoms with van der Waals surface area (Å²) >= 11 is 0. The van der Waals surface area contributed by atoms with Crippen molar-refractivity contribution < 1.29 is 9.32 Å². The summed E-state index contributed by atoms with van der Waals surface area (Å²) in [5.74, 6) is 0.839. The van der Waals surface area contributed by atoms with E-state index < -0.39 is 5.91 Å². The van der Waals surface area contributed by atoms with Gasteiger partial charge in [-0.25, -0.2) is 9.97 Å². The fourth-order valence-electron chi connectivity index (χ4n) is 5.17. The van der Waals surface area contributed by atoms with E-state index in [1.165, 1.54) is 0 Å². The summed E-state index contributed by atoms with van der Waals surface area (Å²) in [6, 6.07) is 14.2. The fourth-order valence-corrected chi connectivity index (χ4v) is 5.17. The Hall–Kier alpha value is -4.86. The van der Waals surface area contributed by atoms with Crippen LogP contribution in [-0.4, -0.2) is 40.8 Å². The van der Waals surface area contributed by atoms with Crippen LogP contribution >= 0.6 is 0 Å². The summed E-state index contributed by atoms with van der Waals surface area (Å²) in [5.41, 5.74) is 6.17. The minimum Gasteiger partial charge on any atom is -0.336 e. The normalized spacial score (nSPS) is 11.6. The second-order valence-corrected chi connectivity index (χ2v) is 10.5. The Bertz CT molecular complexity index is 1860. The number of aromatic nitrogens is 7. The molecule has 0 spiro atoms. The minimum absolute atomic E-state index is 0.0338. The zero-order chi connectivity index (χ0) is 28.5. The molecule has 0 atom stereocenters. The van der Waals surface area contributed by atoms with Crippen molar-refractivity contribution in [1.29, 1.82) is 0 Å². The van der Waals surface area contributed by atoms with Crippen LogP contribution in [0.3, 0.4) is 0 Å². The summed E-state index contributed by atoms with van der Waals surface area (Å²) in [4.78, 5) is 29.9. The number of nitrogens with zero attached hydrogens (tertiary/aromatic N) is 6. The molecule has 0 unspecified atom stereocenters. The van der Waals surface area contributed by atoms with Crippen LogP contribution in [0.5, 0.6) is 0 Å². The molecule has 0 radical (unpaired) electrons. The number of pyridine rings is 1. The highest BCUT2D eigenvalue weighted by Crippen LogP contribution is 2.33. The summed E-state index contributed by atoms with van der Waals surface area (Å²) in [6.45, 7) is 8.40. The lowest BCUT2D eigenvalue weighted by atomic mass is 10.0. The number of amides is 1. The van der Waals surface area contributed by atoms with Gasteiger partial charge in [0.15, 0.2) is 11.5 Å². The molecule has 0 saturated carbocycles. The number of anilines is 1. The number of hydrogen-bond acceptors (Lipinski definition) is 7. The number of imidazole rings is 1. The predicted octanol–water partition coefficient (Wildman–Crippen LogP) is 6.90. The van der Waals surface area contributed by atoms with E-state index in [-0.39, 0.29) is 11.9 Å². The van der Waals surface area contributed by atoms with Crippen molar-refractivity contribution in [3.8, 4) is 22.5 Å². The monoisotopic (exact) mass is 548 g/mol. The van der Waals surface area contributed by atoms with Crippen LogP contribution in [0.1, 0.15) is 68.3 Å². The molecule has 0 saturated heterocycles. The van der Waals surface area contributed by atoms with E-state index in [1.807, 2.05) is 47.3 Å². The Kier molecular flexibility index (Phi) is 7.05. The van der Waals surface area contributed by atoms with Gasteiger partial charge in [0.2, 0.25) is 0 Å². The van der Waals surface area contributed by atoms with Gasteiger partial charge in [-0.05, 0) is 56.3 Å². The molecule has 2 N–H and O–H groups in total. The van der Waals surface area contributed by atoms with Crippen LogP contribution in [-0.2, 0) is 6.42 Å². The van der Waals surface area contributed by atoms with Crippen LogP contribution in [0.25, 0.3) is 44.5 Å². The molecule has 1 amide bonds. The number of carbonyl (C=O) groups excluding carboxylic acids is 1. The van der Waals surface area contributed by atoms with Gasteiger partial charge in [0.05, 0.1) is 17.3 Å². The van der Waals surface area contributed by atoms with Crippen LogP contribution in [0, 0.1) is 6.92 Å². The smallest absolute Gasteiger partial charge is 0.316 e. The van der Waals surface area contributed by atoms with E-state index in [9.17, 15) is 4.79 Å². The first-order chi connectivity index (χ1) is 19.9. The van der Waals surface area contributed by atoms with Gasteiger partial charge in [-0.1, -0.05) is 49.2 Å². The summed E-state index contributed by atoms with van der Waals surface area (Å²) in [6.07, 6.45) is 7.48. The number of benzene rings is 2. The van der Waals surface area contributed by atoms with Crippen LogP contribution < -0.4 is 5.32 Å². The number of hydrogen-bond donors (Lipinski definition) is 2. The highest BCUT2D eigenvalue weighted by Gasteiger charge is 2.18. The lowest BCUT2D eigenvalue weighted by Crippen LogP contribution is -2.12. The molecule has 4 heterocycles. The highest BCUT2D eigenvalue weighted by atomic mass is 16.5. The average molecular weight is 549 g/mol. The number of nitrogens with one attached hydrogen (secondary N) is 2. The lowest BCUT2D eigenvalue weighted by Gasteiger charge is -2.09. The Morgan fingerprint density at radius 1 is 1.10 bits per heavy atom. The van der Waals surface area contributed by atoms with Gasteiger partial charge in [-0.2, -0.15) is 10.1 Å². The number of unbranched alkanes of at least 4 members (excludes halogenated alkanes) is 2. The molecule has 2 aromatic carbocycles. The lowest BCUT2D eigenvalue weighted by molar-refractivity contribution is 0.0981. The second-order valence-electron chi connectivity index (χ2n) is 10.5. The van der Waals surface area contributed by atoms with Gasteiger partial charge in [0, 0.05) is 41.0 Å². The van der Waals surface area contributed by atoms with E-state index in [1.54, 1.807) is 6.20 Å². The summed E-state index contributed by atoms with van der Waals surface area (Å²) in [5, 5.41) is 13.3. The van der Waals surface area contributed by atoms with E-state index >= 15 is 0 Å². The van der Waals surface area contributed by atoms with Crippen LogP contribution in [0.4, 0.5) is 5.69 Å². The molecular formula is C31H32N8O2. The Morgan fingerprint density at radius 3 is 2.78 bits per heavy atom. The first-order valence-electron chi connectivity index (χ1n) is 14.0. The standard InChI is InChI=1S/C31H32N8O2/c1-5-6-7-11-26-35-31(41-38-26)30(40)34-25-10-8-9-20-16-21(12-13-22(20)25)23-14-15-32-29-27(23)36-28(37-29)24-17-33-39(18(2)3)19(24)4/h8-10,12-18H,5-7,11H2,1-4H3,(H,34,40)(H,32,36,37). The fraction of sp³-hybridized carbons (Fsp3) is 0.290. The predicted molar refractivity (Wildman–Crippen MR) is 159 cm³/mol. The number of carbonyl (C=O) groups is 1. The van der Waals surface area contributed by atoms with E-state index in [0.717, 1.165) is 63.8 Å². The molecule has 0 bridgehead atoms. The quantitative estimate of drug-likeness (QED) is 0.188. The maximum Gasteiger partial charge on any atom is 0.316 e. The van der Waals surface area contributed by atoms with Gasteiger partial charge in [-0.3, -0.25) is 9.48 Å². The summed E-state index contributed by atoms with van der Waals surface area (Å²) in [7, 11) is 0. The zero-order valence-corrected chi connectivity index (χ0v) is 23.6. The third-order valence-corrected chi connectivity index (χ3v) is 7.29. The Labute approximate surface area is 237 Å². The van der Waals surface area contributed by atoms with Gasteiger partial charge >= 0.3 is 11.8 Å². The zero-order valence-electron chi connectivity index (χ0n) is 23.6. The molecule has 10 nitrogen and oxygen atoms in total. The largest absolute Gasteiger partial charge is 0.336 e. The van der Waals surface area contributed by atoms with Crippen LogP contribution in [0.15, 0.2) is 59.4 Å². The number of aryl methyl sites for hydroxylation is 1. The molecule has 0 aliphatic rings. The first-order valence-corrected chi connectivity index (χ1v) is 14.0.